The number of hydrogen-bond acceptors (Lipinski definition) is 2. The van der Waals surface area contributed by atoms with Gasteiger partial charge in [-0.3, -0.25) is 0 Å². The number of nitrogens with one attached hydrogen (secondary N) is 1. The molecule has 0 fully saturated rings. The minimum atomic E-state index is -0.133. The van der Waals surface area contributed by atoms with Gasteiger partial charge in [-0.15, -0.1) is 0 Å². The van der Waals surface area contributed by atoms with E-state index in [1.54, 1.807) is 14.1 Å². The van der Waals surface area contributed by atoms with Gasteiger partial charge in [-0.25, -0.2) is 4.79 Å². The van der Waals surface area contributed by atoms with Gasteiger partial charge in [0.05, 0.1) is 6.61 Å². The van der Waals surface area contributed by atoms with Crippen molar-refractivity contribution in [1.29, 1.82) is 0 Å². The lowest BCUT2D eigenvalue weighted by molar-refractivity contribution is 0.230. The first-order valence-corrected chi connectivity index (χ1v) is 7.64. The fourth-order valence-corrected chi connectivity index (χ4v) is 2.39. The lowest BCUT2D eigenvalue weighted by atomic mass is 10.1. The molecule has 2 aromatic carbocycles. The number of rotatable bonds is 3. The third kappa shape index (κ3) is 3.72. The maximum absolute atomic E-state index is 11.6. The number of benzene rings is 2. The highest BCUT2D eigenvalue weighted by Gasteiger charge is 2.10. The summed E-state index contributed by atoms with van der Waals surface area (Å²) in [6, 6.07) is 13.9. The summed E-state index contributed by atoms with van der Waals surface area (Å²) >= 11 is 0. The molecule has 0 unspecified atom stereocenters. The molecular formula is C19H20N2O2. The number of amides is 2. The lowest BCUT2D eigenvalue weighted by Gasteiger charge is -2.11. The summed E-state index contributed by atoms with van der Waals surface area (Å²) in [4.78, 5) is 13.1. The Hall–Kier alpha value is -2.75. The molecule has 3 rings (SSSR count). The standard InChI is InChI=1S/C19H20N2O2/c1-21(2)19(22)20-17-9-6-14(7-10-17)3-4-15-5-8-16-11-12-23-18(16)13-15/h3-10,13H,11-12H2,1-2H3,(H,20,22)/b4-3+. The Bertz CT molecular complexity index is 734. The molecule has 0 aromatic heterocycles. The van der Waals surface area contributed by atoms with Crippen molar-refractivity contribution in [1.82, 2.24) is 4.90 Å². The van der Waals surface area contributed by atoms with Crippen LogP contribution in [0, 0.1) is 0 Å². The number of hydrogen-bond donors (Lipinski definition) is 1. The molecule has 4 nitrogen and oxygen atoms in total. The quantitative estimate of drug-likeness (QED) is 0.874. The van der Waals surface area contributed by atoms with Crippen molar-refractivity contribution in [3.8, 4) is 5.75 Å². The van der Waals surface area contributed by atoms with Gasteiger partial charge in [-0.05, 0) is 34.9 Å². The lowest BCUT2D eigenvalue weighted by Crippen LogP contribution is -2.27. The number of carbonyl (C=O) groups excluding carboxylic acids is 1. The van der Waals surface area contributed by atoms with E-state index < -0.39 is 0 Å². The van der Waals surface area contributed by atoms with Gasteiger partial charge < -0.3 is 15.0 Å². The molecule has 4 heteroatoms. The Morgan fingerprint density at radius 1 is 1.09 bits per heavy atom. The van der Waals surface area contributed by atoms with E-state index in [1.807, 2.05) is 30.3 Å². The maximum atomic E-state index is 11.6. The van der Waals surface area contributed by atoms with Gasteiger partial charge in [0.15, 0.2) is 0 Å². The Morgan fingerprint density at radius 2 is 1.78 bits per heavy atom. The number of anilines is 1. The molecule has 2 amide bonds. The van der Waals surface area contributed by atoms with Crippen molar-refractivity contribution >= 4 is 23.9 Å². The van der Waals surface area contributed by atoms with Crippen LogP contribution in [-0.2, 0) is 6.42 Å². The number of carbonyl (C=O) groups is 1. The molecule has 118 valence electrons. The zero-order valence-corrected chi connectivity index (χ0v) is 13.4. The van der Waals surface area contributed by atoms with Crippen LogP contribution < -0.4 is 10.1 Å². The van der Waals surface area contributed by atoms with Crippen molar-refractivity contribution < 1.29 is 9.53 Å². The largest absolute Gasteiger partial charge is 0.493 e. The zero-order chi connectivity index (χ0) is 16.2. The zero-order valence-electron chi connectivity index (χ0n) is 13.4. The van der Waals surface area contributed by atoms with Crippen LogP contribution in [0.3, 0.4) is 0 Å². The summed E-state index contributed by atoms with van der Waals surface area (Å²) in [5.74, 6) is 0.994. The highest BCUT2D eigenvalue weighted by molar-refractivity contribution is 5.89. The van der Waals surface area contributed by atoms with Crippen LogP contribution in [0.25, 0.3) is 12.2 Å². The second-order valence-corrected chi connectivity index (χ2v) is 5.75. The molecule has 0 radical (unpaired) electrons. The molecule has 0 bridgehead atoms. The van der Waals surface area contributed by atoms with E-state index in [1.165, 1.54) is 10.5 Å². The number of fused-ring (bicyclic) bond motifs is 1. The molecule has 0 saturated carbocycles. The van der Waals surface area contributed by atoms with E-state index in [0.29, 0.717) is 0 Å². The SMILES string of the molecule is CN(C)C(=O)Nc1ccc(/C=C/c2ccc3c(c2)OCC3)cc1. The van der Waals surface area contributed by atoms with Crippen LogP contribution >= 0.6 is 0 Å². The van der Waals surface area contributed by atoms with Gasteiger partial charge in [-0.2, -0.15) is 0 Å². The van der Waals surface area contributed by atoms with Crippen molar-refractivity contribution in [2.75, 3.05) is 26.0 Å². The first-order chi connectivity index (χ1) is 11.1. The smallest absolute Gasteiger partial charge is 0.321 e. The van der Waals surface area contributed by atoms with Crippen LogP contribution in [0.15, 0.2) is 42.5 Å². The predicted octanol–water partition coefficient (Wildman–Crippen LogP) is 3.89. The van der Waals surface area contributed by atoms with Crippen LogP contribution in [0.1, 0.15) is 16.7 Å². The van der Waals surface area contributed by atoms with Crippen LogP contribution in [0.4, 0.5) is 10.5 Å². The normalized spacial score (nSPS) is 12.8. The summed E-state index contributed by atoms with van der Waals surface area (Å²) in [5, 5.41) is 2.82. The van der Waals surface area contributed by atoms with Crippen molar-refractivity contribution in [3.05, 3.63) is 59.2 Å². The molecule has 1 aliphatic heterocycles. The Balaban J connectivity index is 1.67. The van der Waals surface area contributed by atoms with Crippen LogP contribution in [0.5, 0.6) is 5.75 Å². The van der Waals surface area contributed by atoms with Crippen molar-refractivity contribution in [3.63, 3.8) is 0 Å². The van der Waals surface area contributed by atoms with E-state index in [4.69, 9.17) is 4.74 Å². The summed E-state index contributed by atoms with van der Waals surface area (Å²) in [6.07, 6.45) is 5.11. The third-order valence-electron chi connectivity index (χ3n) is 3.76. The minimum Gasteiger partial charge on any atom is -0.493 e. The van der Waals surface area contributed by atoms with Crippen LogP contribution in [0.2, 0.25) is 0 Å². The third-order valence-corrected chi connectivity index (χ3v) is 3.76. The van der Waals surface area contributed by atoms with Gasteiger partial charge in [0.2, 0.25) is 0 Å². The number of nitrogens with zero attached hydrogens (tertiary/aromatic N) is 1. The maximum Gasteiger partial charge on any atom is 0.321 e. The summed E-state index contributed by atoms with van der Waals surface area (Å²) < 4.78 is 5.59. The molecule has 0 spiro atoms. The van der Waals surface area contributed by atoms with Crippen molar-refractivity contribution in [2.45, 2.75) is 6.42 Å². The average Bonchev–Trinajstić information content (AvgIpc) is 3.01. The fraction of sp³-hybridized carbons (Fsp3) is 0.211. The van der Waals surface area contributed by atoms with Gasteiger partial charge in [0.1, 0.15) is 5.75 Å². The molecular weight excluding hydrogens is 288 g/mol. The first kappa shape index (κ1) is 15.2. The monoisotopic (exact) mass is 308 g/mol. The molecule has 1 heterocycles. The van der Waals surface area contributed by atoms with E-state index in [-0.39, 0.29) is 6.03 Å². The molecule has 1 N–H and O–H groups in total. The minimum absolute atomic E-state index is 0.133. The highest BCUT2D eigenvalue weighted by Crippen LogP contribution is 2.26. The van der Waals surface area contributed by atoms with Crippen LogP contribution in [-0.4, -0.2) is 31.6 Å². The van der Waals surface area contributed by atoms with E-state index >= 15 is 0 Å². The second-order valence-electron chi connectivity index (χ2n) is 5.75. The van der Waals surface area contributed by atoms with Crippen molar-refractivity contribution in [2.24, 2.45) is 0 Å². The molecule has 2 aromatic rings. The predicted molar refractivity (Wildman–Crippen MR) is 93.7 cm³/mol. The summed E-state index contributed by atoms with van der Waals surface area (Å²) in [6.45, 7) is 0.780. The Kier molecular flexibility index (Phi) is 4.33. The van der Waals surface area contributed by atoms with E-state index in [0.717, 1.165) is 35.6 Å². The number of ether oxygens (including phenoxy) is 1. The highest BCUT2D eigenvalue weighted by atomic mass is 16.5. The molecule has 0 saturated heterocycles. The molecule has 1 aliphatic rings. The second kappa shape index (κ2) is 6.57. The summed E-state index contributed by atoms with van der Waals surface area (Å²) in [5.41, 5.74) is 4.26. The number of urea groups is 1. The molecule has 0 atom stereocenters. The molecule has 0 aliphatic carbocycles. The van der Waals surface area contributed by atoms with E-state index in [9.17, 15) is 4.79 Å². The van der Waals surface area contributed by atoms with Gasteiger partial charge in [0, 0.05) is 26.2 Å². The molecule has 23 heavy (non-hydrogen) atoms. The van der Waals surface area contributed by atoms with Gasteiger partial charge >= 0.3 is 6.03 Å². The fourth-order valence-electron chi connectivity index (χ4n) is 2.39. The Labute approximate surface area is 136 Å². The summed E-state index contributed by atoms with van der Waals surface area (Å²) in [7, 11) is 3.43. The van der Waals surface area contributed by atoms with Gasteiger partial charge in [-0.1, -0.05) is 36.4 Å². The topological polar surface area (TPSA) is 41.6 Å². The first-order valence-electron chi connectivity index (χ1n) is 7.64. The van der Waals surface area contributed by atoms with Gasteiger partial charge in [0.25, 0.3) is 0 Å². The average molecular weight is 308 g/mol. The Morgan fingerprint density at radius 3 is 2.52 bits per heavy atom. The van der Waals surface area contributed by atoms with E-state index in [2.05, 4.69) is 29.6 Å².